The van der Waals surface area contributed by atoms with E-state index in [1.807, 2.05) is 0 Å². The fourth-order valence-electron chi connectivity index (χ4n) is 2.56. The van der Waals surface area contributed by atoms with Crippen molar-refractivity contribution >= 4 is 0 Å². The van der Waals surface area contributed by atoms with Crippen LogP contribution in [0.3, 0.4) is 0 Å². The van der Waals surface area contributed by atoms with Gasteiger partial charge in [-0.2, -0.15) is 0 Å². The number of benzene rings is 1. The Balaban J connectivity index is 2.24. The van der Waals surface area contributed by atoms with Crippen molar-refractivity contribution in [2.45, 2.75) is 38.2 Å². The van der Waals surface area contributed by atoms with Crippen LogP contribution in [-0.2, 0) is 15.1 Å². The predicted octanol–water partition coefficient (Wildman–Crippen LogP) is 3.38. The Hall–Kier alpha value is -0.860. The predicted molar refractivity (Wildman–Crippen MR) is 64.3 cm³/mol. The van der Waals surface area contributed by atoms with Crippen molar-refractivity contribution in [3.63, 3.8) is 0 Å². The minimum atomic E-state index is -0.0952. The molecule has 88 valence electrons. The minimum Gasteiger partial charge on any atom is -0.359 e. The summed E-state index contributed by atoms with van der Waals surface area (Å²) in [6, 6.07) is 8.65. The maximum Gasteiger partial charge on any atom is 0.147 e. The van der Waals surface area contributed by atoms with Crippen LogP contribution in [0.5, 0.6) is 0 Å². The van der Waals surface area contributed by atoms with E-state index in [1.165, 1.54) is 24.0 Å². The average Bonchev–Trinajstić information content (AvgIpc) is 2.76. The van der Waals surface area contributed by atoms with Crippen LogP contribution in [0.4, 0.5) is 0 Å². The van der Waals surface area contributed by atoms with Gasteiger partial charge in [0.1, 0.15) is 6.79 Å². The Morgan fingerprint density at radius 3 is 2.62 bits per heavy atom. The maximum absolute atomic E-state index is 5.96. The van der Waals surface area contributed by atoms with E-state index in [1.54, 1.807) is 7.11 Å². The average molecular weight is 220 g/mol. The second kappa shape index (κ2) is 4.98. The molecule has 0 saturated heterocycles. The minimum absolute atomic E-state index is 0.0952. The third kappa shape index (κ3) is 2.28. The zero-order valence-corrected chi connectivity index (χ0v) is 10.2. The zero-order chi connectivity index (χ0) is 11.4. The van der Waals surface area contributed by atoms with E-state index in [0.717, 1.165) is 12.8 Å². The summed E-state index contributed by atoms with van der Waals surface area (Å²) in [6.07, 6.45) is 4.72. The van der Waals surface area contributed by atoms with E-state index in [-0.39, 0.29) is 5.60 Å². The van der Waals surface area contributed by atoms with Crippen molar-refractivity contribution in [3.05, 3.63) is 35.4 Å². The zero-order valence-electron chi connectivity index (χ0n) is 10.2. The lowest BCUT2D eigenvalue weighted by molar-refractivity contribution is -0.132. The van der Waals surface area contributed by atoms with Gasteiger partial charge in [0.15, 0.2) is 0 Å². The Morgan fingerprint density at radius 2 is 2.00 bits per heavy atom. The van der Waals surface area contributed by atoms with Crippen molar-refractivity contribution in [1.29, 1.82) is 0 Å². The van der Waals surface area contributed by atoms with Crippen LogP contribution in [0, 0.1) is 6.92 Å². The lowest BCUT2D eigenvalue weighted by Gasteiger charge is -2.29. The van der Waals surface area contributed by atoms with E-state index < -0.39 is 0 Å². The Kier molecular flexibility index (Phi) is 3.62. The molecule has 0 radical (unpaired) electrons. The molecule has 0 heterocycles. The van der Waals surface area contributed by atoms with Crippen molar-refractivity contribution in [1.82, 2.24) is 0 Å². The molecule has 1 fully saturated rings. The number of rotatable bonds is 4. The fourth-order valence-corrected chi connectivity index (χ4v) is 2.56. The number of aryl methyl sites for hydroxylation is 1. The Labute approximate surface area is 97.6 Å². The van der Waals surface area contributed by atoms with Crippen LogP contribution in [0.25, 0.3) is 0 Å². The summed E-state index contributed by atoms with van der Waals surface area (Å²) >= 11 is 0. The van der Waals surface area contributed by atoms with Gasteiger partial charge >= 0.3 is 0 Å². The third-order valence-corrected chi connectivity index (χ3v) is 3.41. The number of ether oxygens (including phenoxy) is 2. The van der Waals surface area contributed by atoms with Crippen LogP contribution < -0.4 is 0 Å². The molecule has 0 unspecified atom stereocenters. The molecule has 0 amide bonds. The highest BCUT2D eigenvalue weighted by Crippen LogP contribution is 2.42. The van der Waals surface area contributed by atoms with Gasteiger partial charge in [-0.1, -0.05) is 42.7 Å². The third-order valence-electron chi connectivity index (χ3n) is 3.41. The summed E-state index contributed by atoms with van der Waals surface area (Å²) in [6.45, 7) is 2.51. The normalized spacial score (nSPS) is 18.9. The van der Waals surface area contributed by atoms with Gasteiger partial charge in [-0.15, -0.1) is 0 Å². The van der Waals surface area contributed by atoms with Crippen LogP contribution in [0.2, 0.25) is 0 Å². The van der Waals surface area contributed by atoms with Crippen molar-refractivity contribution in [2.75, 3.05) is 13.9 Å². The van der Waals surface area contributed by atoms with Gasteiger partial charge < -0.3 is 9.47 Å². The molecule has 1 aliphatic rings. The second-order valence-corrected chi connectivity index (χ2v) is 4.62. The molecule has 2 rings (SSSR count). The molecule has 0 N–H and O–H groups in total. The molecule has 0 aliphatic heterocycles. The van der Waals surface area contributed by atoms with Gasteiger partial charge in [-0.25, -0.2) is 0 Å². The highest BCUT2D eigenvalue weighted by Gasteiger charge is 2.36. The fraction of sp³-hybridized carbons (Fsp3) is 0.571. The topological polar surface area (TPSA) is 18.5 Å². The molecular weight excluding hydrogens is 200 g/mol. The molecule has 0 bridgehead atoms. The van der Waals surface area contributed by atoms with E-state index >= 15 is 0 Å². The van der Waals surface area contributed by atoms with E-state index in [2.05, 4.69) is 31.2 Å². The largest absolute Gasteiger partial charge is 0.359 e. The van der Waals surface area contributed by atoms with Gasteiger partial charge in [-0.05, 0) is 25.3 Å². The summed E-state index contributed by atoms with van der Waals surface area (Å²) < 4.78 is 11.0. The lowest BCUT2D eigenvalue weighted by atomic mass is 9.91. The van der Waals surface area contributed by atoms with Crippen molar-refractivity contribution < 1.29 is 9.47 Å². The number of methoxy groups -OCH3 is 1. The Morgan fingerprint density at radius 1 is 1.25 bits per heavy atom. The molecule has 2 nitrogen and oxygen atoms in total. The summed E-state index contributed by atoms with van der Waals surface area (Å²) in [4.78, 5) is 0. The first kappa shape index (κ1) is 11.6. The molecule has 1 aromatic rings. The molecule has 16 heavy (non-hydrogen) atoms. The number of hydrogen-bond donors (Lipinski definition) is 0. The van der Waals surface area contributed by atoms with Crippen LogP contribution in [-0.4, -0.2) is 13.9 Å². The summed E-state index contributed by atoms with van der Waals surface area (Å²) in [7, 11) is 1.68. The first-order valence-electron chi connectivity index (χ1n) is 5.97. The van der Waals surface area contributed by atoms with Crippen LogP contribution in [0.1, 0.15) is 36.8 Å². The lowest BCUT2D eigenvalue weighted by Crippen LogP contribution is -2.27. The van der Waals surface area contributed by atoms with Gasteiger partial charge in [-0.3, -0.25) is 0 Å². The molecule has 1 saturated carbocycles. The maximum atomic E-state index is 5.96. The van der Waals surface area contributed by atoms with Crippen LogP contribution >= 0.6 is 0 Å². The van der Waals surface area contributed by atoms with Gasteiger partial charge in [0.25, 0.3) is 0 Å². The second-order valence-electron chi connectivity index (χ2n) is 4.62. The summed E-state index contributed by atoms with van der Waals surface area (Å²) in [5.74, 6) is 0. The highest BCUT2D eigenvalue weighted by atomic mass is 16.7. The van der Waals surface area contributed by atoms with Gasteiger partial charge in [0.2, 0.25) is 0 Å². The van der Waals surface area contributed by atoms with E-state index in [9.17, 15) is 0 Å². The number of hydrogen-bond acceptors (Lipinski definition) is 2. The van der Waals surface area contributed by atoms with Crippen LogP contribution in [0.15, 0.2) is 24.3 Å². The molecular formula is C14H20O2. The summed E-state index contributed by atoms with van der Waals surface area (Å²) in [5.41, 5.74) is 2.51. The molecule has 0 atom stereocenters. The van der Waals surface area contributed by atoms with E-state index in [0.29, 0.717) is 6.79 Å². The van der Waals surface area contributed by atoms with E-state index in [4.69, 9.17) is 9.47 Å². The molecule has 1 aromatic carbocycles. The highest BCUT2D eigenvalue weighted by molar-refractivity contribution is 5.28. The quantitative estimate of drug-likeness (QED) is 0.724. The van der Waals surface area contributed by atoms with Crippen molar-refractivity contribution in [3.8, 4) is 0 Å². The van der Waals surface area contributed by atoms with Gasteiger partial charge in [0.05, 0.1) is 5.60 Å². The smallest absolute Gasteiger partial charge is 0.147 e. The summed E-state index contributed by atoms with van der Waals surface area (Å²) in [5, 5.41) is 0. The van der Waals surface area contributed by atoms with Gasteiger partial charge in [0, 0.05) is 7.11 Å². The SMILES string of the molecule is COCOC1(c2cccc(C)c2)CCCC1. The standard InChI is InChI=1S/C14H20O2/c1-12-6-5-7-13(10-12)14(16-11-15-2)8-3-4-9-14/h5-7,10H,3-4,8-9,11H2,1-2H3. The Bertz CT molecular complexity index is 340. The molecule has 2 heteroatoms. The molecule has 0 aromatic heterocycles. The van der Waals surface area contributed by atoms with Crippen molar-refractivity contribution in [2.24, 2.45) is 0 Å². The molecule has 1 aliphatic carbocycles. The molecule has 0 spiro atoms. The monoisotopic (exact) mass is 220 g/mol. The first-order chi connectivity index (χ1) is 7.77. The first-order valence-corrected chi connectivity index (χ1v) is 5.97.